The zero-order chi connectivity index (χ0) is 15.4. The van der Waals surface area contributed by atoms with Crippen LogP contribution in [0.4, 0.5) is 5.69 Å². The van der Waals surface area contributed by atoms with Gasteiger partial charge in [0.15, 0.2) is 0 Å². The number of rotatable bonds is 4. The van der Waals surface area contributed by atoms with E-state index in [0.29, 0.717) is 17.1 Å². The highest BCUT2D eigenvalue weighted by Crippen LogP contribution is 2.18. The van der Waals surface area contributed by atoms with Crippen LogP contribution in [0, 0.1) is 3.57 Å². The van der Waals surface area contributed by atoms with Crippen molar-refractivity contribution in [3.05, 3.63) is 62.2 Å². The maximum Gasteiger partial charge on any atom is 0.252 e. The fourth-order valence-electron chi connectivity index (χ4n) is 1.89. The molecule has 0 aromatic heterocycles. The van der Waals surface area contributed by atoms with Gasteiger partial charge < -0.3 is 10.2 Å². The Kier molecular flexibility index (Phi) is 5.47. The molecule has 5 heteroatoms. The molecule has 2 rings (SSSR count). The van der Waals surface area contributed by atoms with Gasteiger partial charge in [0, 0.05) is 34.9 Å². The van der Waals surface area contributed by atoms with Crippen molar-refractivity contribution < 1.29 is 4.79 Å². The Morgan fingerprint density at radius 2 is 2.00 bits per heavy atom. The van der Waals surface area contributed by atoms with E-state index in [1.54, 1.807) is 12.1 Å². The molecule has 0 fully saturated rings. The molecular weight excluding hydrogens is 399 g/mol. The lowest BCUT2D eigenvalue weighted by atomic mass is 10.1. The Bertz CT molecular complexity index is 658. The summed E-state index contributed by atoms with van der Waals surface area (Å²) in [5.74, 6) is -0.114. The molecule has 0 spiro atoms. The lowest BCUT2D eigenvalue weighted by Crippen LogP contribution is -2.23. The summed E-state index contributed by atoms with van der Waals surface area (Å²) >= 11 is 8.08. The highest BCUT2D eigenvalue weighted by molar-refractivity contribution is 14.1. The first-order valence-corrected chi connectivity index (χ1v) is 7.92. The fourth-order valence-corrected chi connectivity index (χ4v) is 2.65. The highest BCUT2D eigenvalue weighted by atomic mass is 127. The zero-order valence-corrected chi connectivity index (χ0v) is 14.8. The molecule has 2 aromatic carbocycles. The third-order valence-electron chi connectivity index (χ3n) is 3.05. The van der Waals surface area contributed by atoms with Crippen LogP contribution in [-0.2, 0) is 6.54 Å². The first kappa shape index (κ1) is 16.1. The molecule has 0 aliphatic heterocycles. The molecule has 0 radical (unpaired) electrons. The molecule has 2 aromatic rings. The summed E-state index contributed by atoms with van der Waals surface area (Å²) in [4.78, 5) is 14.3. The van der Waals surface area contributed by atoms with Crippen LogP contribution in [0.2, 0.25) is 5.02 Å². The number of halogens is 2. The second kappa shape index (κ2) is 7.13. The van der Waals surface area contributed by atoms with Crippen LogP contribution in [0.3, 0.4) is 0 Å². The summed E-state index contributed by atoms with van der Waals surface area (Å²) < 4.78 is 0.886. The van der Waals surface area contributed by atoms with E-state index < -0.39 is 0 Å². The van der Waals surface area contributed by atoms with Gasteiger partial charge in [-0.3, -0.25) is 4.79 Å². The van der Waals surface area contributed by atoms with Gasteiger partial charge in [-0.25, -0.2) is 0 Å². The molecule has 0 saturated heterocycles. The molecule has 0 unspecified atom stereocenters. The Morgan fingerprint density at radius 1 is 1.24 bits per heavy atom. The molecule has 0 aliphatic carbocycles. The van der Waals surface area contributed by atoms with Crippen molar-refractivity contribution in [1.29, 1.82) is 0 Å². The average Bonchev–Trinajstić information content (AvgIpc) is 2.47. The molecule has 0 atom stereocenters. The van der Waals surface area contributed by atoms with Crippen molar-refractivity contribution in [1.82, 2.24) is 5.32 Å². The van der Waals surface area contributed by atoms with Crippen molar-refractivity contribution in [3.8, 4) is 0 Å². The van der Waals surface area contributed by atoms with Gasteiger partial charge in [0.2, 0.25) is 0 Å². The van der Waals surface area contributed by atoms with E-state index in [9.17, 15) is 4.79 Å². The van der Waals surface area contributed by atoms with Gasteiger partial charge in [0.1, 0.15) is 0 Å². The molecule has 0 bridgehead atoms. The standard InChI is InChI=1S/C16H16ClIN2O/c1-20(2)13-5-3-4-11(8-13)10-19-16(21)14-9-12(17)6-7-15(14)18/h3-9H,10H2,1-2H3,(H,19,21). The van der Waals surface area contributed by atoms with E-state index in [1.165, 1.54) is 0 Å². The number of amides is 1. The number of nitrogens with one attached hydrogen (secondary N) is 1. The van der Waals surface area contributed by atoms with E-state index in [1.807, 2.05) is 43.3 Å². The Hall–Kier alpha value is -1.27. The van der Waals surface area contributed by atoms with Crippen LogP contribution >= 0.6 is 34.2 Å². The minimum absolute atomic E-state index is 0.114. The summed E-state index contributed by atoms with van der Waals surface area (Å²) in [5, 5.41) is 3.49. The van der Waals surface area contributed by atoms with Gasteiger partial charge in [-0.15, -0.1) is 0 Å². The first-order valence-electron chi connectivity index (χ1n) is 6.47. The number of carbonyl (C=O) groups is 1. The lowest BCUT2D eigenvalue weighted by Gasteiger charge is -2.14. The van der Waals surface area contributed by atoms with Gasteiger partial charge in [0.05, 0.1) is 5.56 Å². The van der Waals surface area contributed by atoms with Gasteiger partial charge in [0.25, 0.3) is 5.91 Å². The van der Waals surface area contributed by atoms with E-state index in [0.717, 1.165) is 14.8 Å². The summed E-state index contributed by atoms with van der Waals surface area (Å²) in [6, 6.07) is 13.4. The molecule has 0 saturated carbocycles. The zero-order valence-electron chi connectivity index (χ0n) is 11.9. The monoisotopic (exact) mass is 414 g/mol. The van der Waals surface area contributed by atoms with Gasteiger partial charge in [-0.2, -0.15) is 0 Å². The number of hydrogen-bond donors (Lipinski definition) is 1. The van der Waals surface area contributed by atoms with E-state index in [2.05, 4.69) is 34.0 Å². The van der Waals surface area contributed by atoms with Gasteiger partial charge in [-0.1, -0.05) is 23.7 Å². The topological polar surface area (TPSA) is 32.3 Å². The molecular formula is C16H16ClIN2O. The molecule has 3 nitrogen and oxygen atoms in total. The minimum Gasteiger partial charge on any atom is -0.378 e. The summed E-state index contributed by atoms with van der Waals surface area (Å²) in [6.07, 6.45) is 0. The second-order valence-electron chi connectivity index (χ2n) is 4.87. The summed E-state index contributed by atoms with van der Waals surface area (Å²) in [5.41, 5.74) is 2.78. The molecule has 1 N–H and O–H groups in total. The fraction of sp³-hybridized carbons (Fsp3) is 0.188. The van der Waals surface area contributed by atoms with Crippen molar-refractivity contribution in [2.24, 2.45) is 0 Å². The minimum atomic E-state index is -0.114. The predicted molar refractivity (Wildman–Crippen MR) is 96.1 cm³/mol. The average molecular weight is 415 g/mol. The van der Waals surface area contributed by atoms with Crippen LogP contribution in [0.25, 0.3) is 0 Å². The Labute approximate surface area is 143 Å². The Morgan fingerprint density at radius 3 is 2.71 bits per heavy atom. The second-order valence-corrected chi connectivity index (χ2v) is 6.47. The number of carbonyl (C=O) groups excluding carboxylic acids is 1. The van der Waals surface area contributed by atoms with Crippen molar-refractivity contribution in [2.45, 2.75) is 6.54 Å². The van der Waals surface area contributed by atoms with Crippen molar-refractivity contribution in [2.75, 3.05) is 19.0 Å². The van der Waals surface area contributed by atoms with E-state index >= 15 is 0 Å². The number of benzene rings is 2. The largest absolute Gasteiger partial charge is 0.378 e. The van der Waals surface area contributed by atoms with Crippen molar-refractivity contribution >= 4 is 45.8 Å². The molecule has 0 aliphatic rings. The number of nitrogens with zero attached hydrogens (tertiary/aromatic N) is 1. The van der Waals surface area contributed by atoms with Crippen molar-refractivity contribution in [3.63, 3.8) is 0 Å². The summed E-state index contributed by atoms with van der Waals surface area (Å²) in [6.45, 7) is 0.489. The maximum absolute atomic E-state index is 12.2. The van der Waals surface area contributed by atoms with E-state index in [4.69, 9.17) is 11.6 Å². The maximum atomic E-state index is 12.2. The van der Waals surface area contributed by atoms with Crippen LogP contribution in [-0.4, -0.2) is 20.0 Å². The highest BCUT2D eigenvalue weighted by Gasteiger charge is 2.10. The van der Waals surface area contributed by atoms with E-state index in [-0.39, 0.29) is 5.91 Å². The first-order chi connectivity index (χ1) is 9.97. The van der Waals surface area contributed by atoms with Crippen LogP contribution in [0.15, 0.2) is 42.5 Å². The van der Waals surface area contributed by atoms with Gasteiger partial charge >= 0.3 is 0 Å². The predicted octanol–water partition coefficient (Wildman–Crippen LogP) is 3.94. The molecule has 21 heavy (non-hydrogen) atoms. The third kappa shape index (κ3) is 4.35. The molecule has 110 valence electrons. The number of anilines is 1. The van der Waals surface area contributed by atoms with Crippen LogP contribution in [0.5, 0.6) is 0 Å². The molecule has 1 amide bonds. The lowest BCUT2D eigenvalue weighted by molar-refractivity contribution is 0.0950. The quantitative estimate of drug-likeness (QED) is 0.769. The smallest absolute Gasteiger partial charge is 0.252 e. The van der Waals surface area contributed by atoms with Gasteiger partial charge in [-0.05, 0) is 58.5 Å². The van der Waals surface area contributed by atoms with Crippen LogP contribution in [0.1, 0.15) is 15.9 Å². The Balaban J connectivity index is 2.07. The van der Waals surface area contributed by atoms with Crippen LogP contribution < -0.4 is 10.2 Å². The third-order valence-corrected chi connectivity index (χ3v) is 4.23. The number of hydrogen-bond acceptors (Lipinski definition) is 2. The normalized spacial score (nSPS) is 10.3. The summed E-state index contributed by atoms with van der Waals surface area (Å²) in [7, 11) is 3.98. The SMILES string of the molecule is CN(C)c1cccc(CNC(=O)c2cc(Cl)ccc2I)c1. The molecule has 0 heterocycles.